The topological polar surface area (TPSA) is 74.2 Å². The number of fused-ring (bicyclic) bond motifs is 1. The highest BCUT2D eigenvalue weighted by molar-refractivity contribution is 6.02. The average Bonchev–Trinajstić information content (AvgIpc) is 2.60. The fourth-order valence-electron chi connectivity index (χ4n) is 2.77. The lowest BCUT2D eigenvalue weighted by atomic mass is 9.95. The Morgan fingerprint density at radius 1 is 1.04 bits per heavy atom. The van der Waals surface area contributed by atoms with Gasteiger partial charge in [-0.2, -0.15) is 0 Å². The van der Waals surface area contributed by atoms with Crippen molar-refractivity contribution in [1.29, 1.82) is 0 Å². The Kier molecular flexibility index (Phi) is 4.20. The standard InChI is InChI=1S/C18H18O6/c1-21-11-7-12(19)18-13(20)9-15(24-17(18)8-11)10-4-5-14(22-2)16(6-10)23-3/h4-8,15,19H,9H2,1-3H3. The van der Waals surface area contributed by atoms with Crippen molar-refractivity contribution in [3.63, 3.8) is 0 Å². The van der Waals surface area contributed by atoms with Gasteiger partial charge in [-0.1, -0.05) is 6.07 Å². The first-order chi connectivity index (χ1) is 11.6. The zero-order chi connectivity index (χ0) is 17.3. The van der Waals surface area contributed by atoms with Gasteiger partial charge < -0.3 is 24.1 Å². The predicted molar refractivity (Wildman–Crippen MR) is 86.5 cm³/mol. The summed E-state index contributed by atoms with van der Waals surface area (Å²) in [6, 6.07) is 8.36. The second kappa shape index (κ2) is 6.31. The van der Waals surface area contributed by atoms with Gasteiger partial charge in [0.1, 0.15) is 28.9 Å². The van der Waals surface area contributed by atoms with Crippen LogP contribution >= 0.6 is 0 Å². The molecule has 126 valence electrons. The van der Waals surface area contributed by atoms with Gasteiger partial charge >= 0.3 is 0 Å². The Labute approximate surface area is 139 Å². The maximum Gasteiger partial charge on any atom is 0.174 e. The third-order valence-electron chi connectivity index (χ3n) is 3.99. The van der Waals surface area contributed by atoms with Crippen molar-refractivity contribution in [1.82, 2.24) is 0 Å². The van der Waals surface area contributed by atoms with Crippen LogP contribution in [0.1, 0.15) is 28.4 Å². The number of Topliss-reactive ketones (excluding diaryl/α,β-unsaturated/α-hetero) is 1. The Bertz CT molecular complexity index is 783. The molecular formula is C18H18O6. The van der Waals surface area contributed by atoms with E-state index >= 15 is 0 Å². The predicted octanol–water partition coefficient (Wildman–Crippen LogP) is 3.12. The largest absolute Gasteiger partial charge is 0.507 e. The van der Waals surface area contributed by atoms with Crippen LogP contribution in [0.2, 0.25) is 0 Å². The highest BCUT2D eigenvalue weighted by Gasteiger charge is 2.31. The number of ether oxygens (including phenoxy) is 4. The molecular weight excluding hydrogens is 312 g/mol. The molecule has 0 aromatic heterocycles. The first-order valence-corrected chi connectivity index (χ1v) is 7.40. The number of ketones is 1. The van der Waals surface area contributed by atoms with Gasteiger partial charge in [-0.15, -0.1) is 0 Å². The molecule has 3 rings (SSSR count). The number of hydrogen-bond donors (Lipinski definition) is 1. The molecule has 0 aliphatic carbocycles. The minimum Gasteiger partial charge on any atom is -0.507 e. The summed E-state index contributed by atoms with van der Waals surface area (Å²) < 4.78 is 21.6. The van der Waals surface area contributed by atoms with Crippen LogP contribution in [-0.2, 0) is 0 Å². The first kappa shape index (κ1) is 16.0. The highest BCUT2D eigenvalue weighted by atomic mass is 16.5. The van der Waals surface area contributed by atoms with Gasteiger partial charge in [0.2, 0.25) is 0 Å². The summed E-state index contributed by atoms with van der Waals surface area (Å²) in [5, 5.41) is 10.0. The SMILES string of the molecule is COc1cc(O)c2c(c1)OC(c1ccc(OC)c(OC)c1)CC2=O. The van der Waals surface area contributed by atoms with E-state index in [9.17, 15) is 9.90 Å². The Hall–Kier alpha value is -2.89. The molecule has 1 atom stereocenters. The third kappa shape index (κ3) is 2.71. The smallest absolute Gasteiger partial charge is 0.174 e. The zero-order valence-electron chi connectivity index (χ0n) is 13.7. The van der Waals surface area contributed by atoms with E-state index in [-0.39, 0.29) is 23.5 Å². The van der Waals surface area contributed by atoms with E-state index in [2.05, 4.69) is 0 Å². The van der Waals surface area contributed by atoms with Crippen molar-refractivity contribution in [2.24, 2.45) is 0 Å². The maximum absolute atomic E-state index is 12.4. The molecule has 0 fully saturated rings. The van der Waals surface area contributed by atoms with E-state index in [0.717, 1.165) is 5.56 Å². The van der Waals surface area contributed by atoms with Crippen LogP contribution in [0.25, 0.3) is 0 Å². The molecule has 2 aromatic rings. The van der Waals surface area contributed by atoms with Crippen LogP contribution in [0.5, 0.6) is 28.7 Å². The first-order valence-electron chi connectivity index (χ1n) is 7.40. The molecule has 0 spiro atoms. The summed E-state index contributed by atoms with van der Waals surface area (Å²) in [4.78, 5) is 12.4. The van der Waals surface area contributed by atoms with Gasteiger partial charge in [0.25, 0.3) is 0 Å². The molecule has 2 aromatic carbocycles. The maximum atomic E-state index is 12.4. The van der Waals surface area contributed by atoms with Gasteiger partial charge in [0, 0.05) is 12.1 Å². The third-order valence-corrected chi connectivity index (χ3v) is 3.99. The second-order valence-electron chi connectivity index (χ2n) is 5.37. The Morgan fingerprint density at radius 2 is 1.79 bits per heavy atom. The van der Waals surface area contributed by atoms with Gasteiger partial charge in [0.15, 0.2) is 17.3 Å². The molecule has 24 heavy (non-hydrogen) atoms. The number of carbonyl (C=O) groups excluding carboxylic acids is 1. The summed E-state index contributed by atoms with van der Waals surface area (Å²) in [7, 11) is 4.59. The quantitative estimate of drug-likeness (QED) is 0.928. The van der Waals surface area contributed by atoms with Crippen molar-refractivity contribution < 1.29 is 28.8 Å². The zero-order valence-corrected chi connectivity index (χ0v) is 13.7. The van der Waals surface area contributed by atoms with Gasteiger partial charge in [-0.25, -0.2) is 0 Å². The number of methoxy groups -OCH3 is 3. The number of phenolic OH excluding ortho intramolecular Hbond substituents is 1. The minimum absolute atomic E-state index is 0.127. The van der Waals surface area contributed by atoms with Crippen molar-refractivity contribution >= 4 is 5.78 Å². The molecule has 1 heterocycles. The summed E-state index contributed by atoms with van der Waals surface area (Å²) in [6.07, 6.45) is -0.348. The number of carbonyl (C=O) groups is 1. The Balaban J connectivity index is 1.98. The molecule has 1 unspecified atom stereocenters. The van der Waals surface area contributed by atoms with Crippen molar-refractivity contribution in [2.75, 3.05) is 21.3 Å². The van der Waals surface area contributed by atoms with E-state index < -0.39 is 6.10 Å². The molecule has 0 bridgehead atoms. The molecule has 0 radical (unpaired) electrons. The lowest BCUT2D eigenvalue weighted by molar-refractivity contribution is 0.0844. The number of aromatic hydroxyl groups is 1. The molecule has 0 saturated carbocycles. The molecule has 1 aliphatic heterocycles. The Morgan fingerprint density at radius 3 is 2.46 bits per heavy atom. The fraction of sp³-hybridized carbons (Fsp3) is 0.278. The van der Waals surface area contributed by atoms with E-state index in [1.807, 2.05) is 6.07 Å². The normalized spacial score (nSPS) is 16.1. The number of phenols is 1. The lowest BCUT2D eigenvalue weighted by Gasteiger charge is -2.26. The van der Waals surface area contributed by atoms with Crippen LogP contribution in [0.3, 0.4) is 0 Å². The van der Waals surface area contributed by atoms with Crippen LogP contribution in [0.4, 0.5) is 0 Å². The molecule has 1 N–H and O–H groups in total. The molecule has 1 aliphatic rings. The molecule has 6 heteroatoms. The number of benzene rings is 2. The summed E-state index contributed by atoms with van der Waals surface area (Å²) in [5.74, 6) is 1.57. The fourth-order valence-corrected chi connectivity index (χ4v) is 2.77. The van der Waals surface area contributed by atoms with Gasteiger partial charge in [-0.3, -0.25) is 4.79 Å². The average molecular weight is 330 g/mol. The van der Waals surface area contributed by atoms with E-state index in [0.29, 0.717) is 23.0 Å². The minimum atomic E-state index is -0.476. The van der Waals surface area contributed by atoms with Crippen LogP contribution in [0.15, 0.2) is 30.3 Å². The van der Waals surface area contributed by atoms with E-state index in [4.69, 9.17) is 18.9 Å². The van der Waals surface area contributed by atoms with Crippen LogP contribution in [0, 0.1) is 0 Å². The highest BCUT2D eigenvalue weighted by Crippen LogP contribution is 2.42. The summed E-state index contributed by atoms with van der Waals surface area (Å²) in [6.45, 7) is 0. The summed E-state index contributed by atoms with van der Waals surface area (Å²) >= 11 is 0. The van der Waals surface area contributed by atoms with Crippen molar-refractivity contribution in [3.8, 4) is 28.7 Å². The summed E-state index contributed by atoms with van der Waals surface area (Å²) in [5.41, 5.74) is 0.974. The van der Waals surface area contributed by atoms with Crippen molar-refractivity contribution in [3.05, 3.63) is 41.5 Å². The molecule has 0 amide bonds. The van der Waals surface area contributed by atoms with E-state index in [1.54, 1.807) is 32.4 Å². The van der Waals surface area contributed by atoms with Crippen LogP contribution in [-0.4, -0.2) is 32.2 Å². The van der Waals surface area contributed by atoms with Gasteiger partial charge in [-0.05, 0) is 17.7 Å². The lowest BCUT2D eigenvalue weighted by Crippen LogP contribution is -2.20. The van der Waals surface area contributed by atoms with Crippen molar-refractivity contribution in [2.45, 2.75) is 12.5 Å². The molecule has 6 nitrogen and oxygen atoms in total. The second-order valence-corrected chi connectivity index (χ2v) is 5.37. The number of rotatable bonds is 4. The van der Waals surface area contributed by atoms with Crippen LogP contribution < -0.4 is 18.9 Å². The van der Waals surface area contributed by atoms with Gasteiger partial charge in [0.05, 0.1) is 27.8 Å². The number of hydrogen-bond acceptors (Lipinski definition) is 6. The molecule has 0 saturated heterocycles. The van der Waals surface area contributed by atoms with E-state index in [1.165, 1.54) is 13.2 Å². The monoisotopic (exact) mass is 330 g/mol.